The zero-order chi connectivity index (χ0) is 14.6. The van der Waals surface area contributed by atoms with Crippen molar-refractivity contribution in [3.05, 3.63) is 57.6 Å². The zero-order valence-corrected chi connectivity index (χ0v) is 12.6. The van der Waals surface area contributed by atoms with Crippen molar-refractivity contribution in [1.29, 1.82) is 0 Å². The van der Waals surface area contributed by atoms with Crippen LogP contribution in [0.15, 0.2) is 36.4 Å². The van der Waals surface area contributed by atoms with Crippen LogP contribution in [0.2, 0.25) is 10.0 Å². The van der Waals surface area contributed by atoms with Crippen molar-refractivity contribution < 1.29 is 4.79 Å². The van der Waals surface area contributed by atoms with Gasteiger partial charge in [-0.1, -0.05) is 47.5 Å². The first-order valence-corrected chi connectivity index (χ1v) is 7.52. The van der Waals surface area contributed by atoms with Gasteiger partial charge in [-0.2, -0.15) is 0 Å². The molecule has 0 fully saturated rings. The van der Waals surface area contributed by atoms with Crippen LogP contribution < -0.4 is 10.2 Å². The molecule has 1 amide bonds. The first-order chi connectivity index (χ1) is 10.1. The van der Waals surface area contributed by atoms with E-state index in [1.165, 1.54) is 11.1 Å². The Morgan fingerprint density at radius 2 is 1.81 bits per heavy atom. The van der Waals surface area contributed by atoms with E-state index in [9.17, 15) is 4.79 Å². The fourth-order valence-corrected chi connectivity index (χ4v) is 3.42. The van der Waals surface area contributed by atoms with Crippen LogP contribution in [0.4, 0.5) is 11.4 Å². The number of hydrogen-bond donors (Lipinski definition) is 1. The Hall–Kier alpha value is -1.71. The lowest BCUT2D eigenvalue weighted by molar-refractivity contribution is -0.117. The summed E-state index contributed by atoms with van der Waals surface area (Å²) in [6, 6.07) is 11.6. The maximum atomic E-state index is 12.4. The Labute approximate surface area is 132 Å². The molecule has 3 nitrogen and oxygen atoms in total. The molecule has 1 unspecified atom stereocenters. The number of nitrogens with zero attached hydrogens (tertiary/aromatic N) is 1. The van der Waals surface area contributed by atoms with Crippen LogP contribution in [0.5, 0.6) is 0 Å². The molecule has 1 atom stereocenters. The lowest BCUT2D eigenvalue weighted by Gasteiger charge is -2.42. The van der Waals surface area contributed by atoms with Gasteiger partial charge in [0.25, 0.3) is 0 Å². The summed E-state index contributed by atoms with van der Waals surface area (Å²) >= 11 is 12.2. The van der Waals surface area contributed by atoms with Gasteiger partial charge in [-0.05, 0) is 23.3 Å². The molecule has 0 radical (unpaired) electrons. The molecule has 2 aromatic rings. The molecule has 2 aliphatic heterocycles. The van der Waals surface area contributed by atoms with Crippen LogP contribution in [-0.2, 0) is 17.8 Å². The second-order valence-corrected chi connectivity index (χ2v) is 6.20. The number of benzene rings is 2. The van der Waals surface area contributed by atoms with Crippen molar-refractivity contribution in [3.8, 4) is 0 Å². The van der Waals surface area contributed by atoms with E-state index in [1.54, 1.807) is 6.07 Å². The van der Waals surface area contributed by atoms with Crippen molar-refractivity contribution in [2.75, 3.05) is 10.2 Å². The second kappa shape index (κ2) is 4.65. The smallest absolute Gasteiger partial charge is 0.247 e. The van der Waals surface area contributed by atoms with Crippen molar-refractivity contribution in [2.45, 2.75) is 19.0 Å². The van der Waals surface area contributed by atoms with Crippen molar-refractivity contribution in [1.82, 2.24) is 0 Å². The van der Waals surface area contributed by atoms with Crippen LogP contribution in [-0.4, -0.2) is 11.9 Å². The van der Waals surface area contributed by atoms with Crippen molar-refractivity contribution in [2.24, 2.45) is 0 Å². The SMILES string of the molecule is O=C1Nc2cc(Cl)c(Cl)cc2N2Cc3ccccc3CC12. The van der Waals surface area contributed by atoms with Crippen molar-refractivity contribution >= 4 is 40.5 Å². The summed E-state index contributed by atoms with van der Waals surface area (Å²) in [5.74, 6) is 0.00962. The third-order valence-electron chi connectivity index (χ3n) is 4.16. The molecule has 0 aliphatic carbocycles. The maximum Gasteiger partial charge on any atom is 0.247 e. The third-order valence-corrected chi connectivity index (χ3v) is 4.88. The largest absolute Gasteiger partial charge is 0.353 e. The predicted molar refractivity (Wildman–Crippen MR) is 85.2 cm³/mol. The predicted octanol–water partition coefficient (Wildman–Crippen LogP) is 3.88. The molecule has 5 heteroatoms. The number of nitrogens with one attached hydrogen (secondary N) is 1. The van der Waals surface area contributed by atoms with Crippen LogP contribution in [0, 0.1) is 0 Å². The summed E-state index contributed by atoms with van der Waals surface area (Å²) in [6.07, 6.45) is 0.710. The molecule has 1 N–H and O–H groups in total. The monoisotopic (exact) mass is 318 g/mol. The molecular weight excluding hydrogens is 307 g/mol. The zero-order valence-electron chi connectivity index (χ0n) is 11.1. The van der Waals surface area contributed by atoms with Crippen LogP contribution in [0.25, 0.3) is 0 Å². The van der Waals surface area contributed by atoms with E-state index < -0.39 is 0 Å². The Bertz CT molecular complexity index is 760. The van der Waals surface area contributed by atoms with Gasteiger partial charge in [-0.25, -0.2) is 0 Å². The van der Waals surface area contributed by atoms with Gasteiger partial charge >= 0.3 is 0 Å². The summed E-state index contributed by atoms with van der Waals surface area (Å²) in [7, 11) is 0. The Balaban J connectivity index is 1.85. The van der Waals surface area contributed by atoms with Gasteiger partial charge in [0, 0.05) is 13.0 Å². The summed E-state index contributed by atoms with van der Waals surface area (Å²) in [4.78, 5) is 14.5. The van der Waals surface area contributed by atoms with E-state index in [0.29, 0.717) is 23.0 Å². The quantitative estimate of drug-likeness (QED) is 0.799. The van der Waals surface area contributed by atoms with Gasteiger partial charge in [0.05, 0.1) is 21.4 Å². The molecule has 2 aromatic carbocycles. The summed E-state index contributed by atoms with van der Waals surface area (Å²) in [6.45, 7) is 0.708. The molecule has 0 spiro atoms. The van der Waals surface area contributed by atoms with E-state index in [0.717, 1.165) is 11.4 Å². The van der Waals surface area contributed by atoms with Gasteiger partial charge < -0.3 is 10.2 Å². The summed E-state index contributed by atoms with van der Waals surface area (Å²) in [5.41, 5.74) is 4.14. The Morgan fingerprint density at radius 3 is 2.62 bits per heavy atom. The molecule has 21 heavy (non-hydrogen) atoms. The van der Waals surface area contributed by atoms with Crippen LogP contribution >= 0.6 is 23.2 Å². The number of halogens is 2. The number of amides is 1. The van der Waals surface area contributed by atoms with Crippen molar-refractivity contribution in [3.63, 3.8) is 0 Å². The molecule has 0 saturated carbocycles. The third kappa shape index (κ3) is 2.00. The Morgan fingerprint density at radius 1 is 1.10 bits per heavy atom. The number of hydrogen-bond acceptors (Lipinski definition) is 2. The summed E-state index contributed by atoms with van der Waals surface area (Å²) < 4.78 is 0. The van der Waals surface area contributed by atoms with E-state index >= 15 is 0 Å². The van der Waals surface area contributed by atoms with E-state index in [4.69, 9.17) is 23.2 Å². The molecule has 2 aliphatic rings. The first kappa shape index (κ1) is 13.0. The normalized spacial score (nSPS) is 19.4. The molecule has 0 bridgehead atoms. The second-order valence-electron chi connectivity index (χ2n) is 5.39. The molecule has 0 saturated heterocycles. The topological polar surface area (TPSA) is 32.3 Å². The Kier molecular flexibility index (Phi) is 2.88. The standard InChI is InChI=1S/C16H12Cl2N2O/c17-11-6-13-14(7-12(11)18)20-8-10-4-2-1-3-9(10)5-15(20)16(21)19-13/h1-4,6-7,15H,5,8H2,(H,19,21). The van der Waals surface area contributed by atoms with E-state index in [2.05, 4.69) is 22.3 Å². The highest BCUT2D eigenvalue weighted by atomic mass is 35.5. The highest BCUT2D eigenvalue weighted by Gasteiger charge is 2.36. The van der Waals surface area contributed by atoms with Gasteiger partial charge in [0.1, 0.15) is 6.04 Å². The average Bonchev–Trinajstić information content (AvgIpc) is 2.48. The molecule has 4 rings (SSSR count). The first-order valence-electron chi connectivity index (χ1n) is 6.77. The van der Waals surface area contributed by atoms with E-state index in [-0.39, 0.29) is 11.9 Å². The number of rotatable bonds is 0. The number of carbonyl (C=O) groups excluding carboxylic acids is 1. The van der Waals surface area contributed by atoms with Gasteiger partial charge in [-0.15, -0.1) is 0 Å². The minimum Gasteiger partial charge on any atom is -0.353 e. The number of fused-ring (bicyclic) bond motifs is 4. The van der Waals surface area contributed by atoms with Gasteiger partial charge in [-0.3, -0.25) is 4.79 Å². The lowest BCUT2D eigenvalue weighted by atomic mass is 9.91. The molecular formula is C16H12Cl2N2O. The summed E-state index contributed by atoms with van der Waals surface area (Å²) in [5, 5.41) is 3.89. The number of anilines is 2. The maximum absolute atomic E-state index is 12.4. The van der Waals surface area contributed by atoms with Crippen LogP contribution in [0.1, 0.15) is 11.1 Å². The average molecular weight is 319 g/mol. The van der Waals surface area contributed by atoms with Gasteiger partial charge in [0.15, 0.2) is 0 Å². The molecule has 2 heterocycles. The fraction of sp³-hybridized carbons (Fsp3) is 0.188. The van der Waals surface area contributed by atoms with Crippen LogP contribution in [0.3, 0.4) is 0 Å². The molecule has 106 valence electrons. The van der Waals surface area contributed by atoms with Gasteiger partial charge in [0.2, 0.25) is 5.91 Å². The van der Waals surface area contributed by atoms with E-state index in [1.807, 2.05) is 18.2 Å². The lowest BCUT2D eigenvalue weighted by Crippen LogP contribution is -2.51. The highest BCUT2D eigenvalue weighted by molar-refractivity contribution is 6.42. The molecule has 0 aromatic heterocycles. The minimum atomic E-state index is -0.190. The fourth-order valence-electron chi connectivity index (χ4n) is 3.10. The highest BCUT2D eigenvalue weighted by Crippen LogP contribution is 2.41. The number of carbonyl (C=O) groups is 1. The minimum absolute atomic E-state index is 0.00962.